The third kappa shape index (κ3) is 7.33. The van der Waals surface area contributed by atoms with Crippen LogP contribution in [0.3, 0.4) is 0 Å². The van der Waals surface area contributed by atoms with Gasteiger partial charge in [0.25, 0.3) is 0 Å². The Hall–Kier alpha value is -2.50. The van der Waals surface area contributed by atoms with E-state index in [1.54, 1.807) is 4.90 Å². The van der Waals surface area contributed by atoms with Crippen LogP contribution >= 0.6 is 0 Å². The van der Waals surface area contributed by atoms with Crippen molar-refractivity contribution in [2.45, 2.75) is 82.6 Å². The zero-order valence-electron chi connectivity index (χ0n) is 20.4. The minimum absolute atomic E-state index is 0.0835. The maximum Gasteiger partial charge on any atom is 0.416 e. The number of benzene rings is 1. The van der Waals surface area contributed by atoms with Crippen LogP contribution in [0.2, 0.25) is 0 Å². The molecule has 2 aliphatic rings. The molecule has 12 heteroatoms. The van der Waals surface area contributed by atoms with E-state index in [1.807, 2.05) is 6.92 Å². The molecule has 0 saturated carbocycles. The number of piperidine rings is 1. The molecule has 212 valence electrons. The Balaban J connectivity index is 2.05. The quantitative estimate of drug-likeness (QED) is 0.345. The fourth-order valence-electron chi connectivity index (χ4n) is 5.57. The largest absolute Gasteiger partial charge is 0.481 e. The number of hydrogen-bond acceptors (Lipinski definition) is 2. The number of halogens is 9. The van der Waals surface area contributed by atoms with Crippen molar-refractivity contribution in [3.05, 3.63) is 58.7 Å². The summed E-state index contributed by atoms with van der Waals surface area (Å²) in [6.45, 7) is 1.31. The second-order valence-electron chi connectivity index (χ2n) is 9.90. The lowest BCUT2D eigenvalue weighted by atomic mass is 9.76. The summed E-state index contributed by atoms with van der Waals surface area (Å²) in [4.78, 5) is 13.1. The van der Waals surface area contributed by atoms with Crippen LogP contribution in [0.1, 0.15) is 62.1 Å². The molecule has 0 radical (unpaired) electrons. The average molecular weight is 557 g/mol. The molecule has 1 aromatic rings. The molecule has 1 heterocycles. The lowest BCUT2D eigenvalue weighted by molar-refractivity contribution is -0.142. The van der Waals surface area contributed by atoms with Crippen LogP contribution in [0.5, 0.6) is 0 Å². The van der Waals surface area contributed by atoms with Crippen molar-refractivity contribution in [3.8, 4) is 0 Å². The van der Waals surface area contributed by atoms with Crippen LogP contribution in [-0.4, -0.2) is 34.2 Å². The zero-order chi connectivity index (χ0) is 28.5. The van der Waals surface area contributed by atoms with E-state index in [9.17, 15) is 49.4 Å². The first-order chi connectivity index (χ1) is 17.5. The number of likely N-dealkylation sites (tertiary alicyclic amines) is 1. The van der Waals surface area contributed by atoms with E-state index in [0.717, 1.165) is 12.2 Å². The molecule has 1 aliphatic heterocycles. The van der Waals surface area contributed by atoms with Gasteiger partial charge in [-0.1, -0.05) is 31.6 Å². The van der Waals surface area contributed by atoms with E-state index in [1.165, 1.54) is 6.08 Å². The number of carboxylic acid groups (broad SMARTS) is 1. The predicted molar refractivity (Wildman–Crippen MR) is 121 cm³/mol. The van der Waals surface area contributed by atoms with Gasteiger partial charge < -0.3 is 5.11 Å². The SMILES string of the molecule is CCC[C@H]1C[C@H](CC(=O)O)C[C@H](C2C=CC(C(F)(F)F)=CC2)N1Cc1cc(C(F)(F)F)ccc1C(F)(F)F. The van der Waals surface area contributed by atoms with E-state index in [4.69, 9.17) is 0 Å². The first-order valence-corrected chi connectivity index (χ1v) is 12.2. The van der Waals surface area contributed by atoms with Crippen LogP contribution in [0.25, 0.3) is 0 Å². The van der Waals surface area contributed by atoms with Crippen LogP contribution in [-0.2, 0) is 23.7 Å². The Kier molecular flexibility index (Phi) is 8.95. The van der Waals surface area contributed by atoms with Gasteiger partial charge in [0.05, 0.1) is 16.7 Å². The van der Waals surface area contributed by atoms with Crippen LogP contribution in [0, 0.1) is 11.8 Å². The monoisotopic (exact) mass is 557 g/mol. The Morgan fingerprint density at radius 2 is 1.68 bits per heavy atom. The van der Waals surface area contributed by atoms with Crippen molar-refractivity contribution in [3.63, 3.8) is 0 Å². The number of rotatable bonds is 7. The van der Waals surface area contributed by atoms with E-state index in [-0.39, 0.29) is 25.2 Å². The molecule has 4 atom stereocenters. The minimum atomic E-state index is -4.92. The van der Waals surface area contributed by atoms with Crippen LogP contribution in [0.15, 0.2) is 42.0 Å². The van der Waals surface area contributed by atoms with Gasteiger partial charge in [-0.3, -0.25) is 9.69 Å². The van der Waals surface area contributed by atoms with Gasteiger partial charge >= 0.3 is 24.5 Å². The number of hydrogen-bond donors (Lipinski definition) is 1. The summed E-state index contributed by atoms with van der Waals surface area (Å²) in [6, 6.07) is 0.130. The Morgan fingerprint density at radius 3 is 2.18 bits per heavy atom. The maximum atomic E-state index is 13.8. The summed E-state index contributed by atoms with van der Waals surface area (Å²) in [5, 5.41) is 9.34. The van der Waals surface area contributed by atoms with E-state index < -0.39 is 71.3 Å². The van der Waals surface area contributed by atoms with Gasteiger partial charge in [0, 0.05) is 25.0 Å². The fourth-order valence-corrected chi connectivity index (χ4v) is 5.57. The molecular weight excluding hydrogens is 529 g/mol. The van der Waals surface area contributed by atoms with Gasteiger partial charge in [-0.2, -0.15) is 39.5 Å². The van der Waals surface area contributed by atoms with Crippen molar-refractivity contribution in [1.29, 1.82) is 0 Å². The highest BCUT2D eigenvalue weighted by Crippen LogP contribution is 2.43. The molecule has 0 amide bonds. The standard InChI is InChI=1S/C26H28F9NO2/c1-2-3-20-10-15(12-23(37)38)11-22(16-4-6-18(7-5-16)24(27,28)29)36(20)14-17-13-19(25(30,31)32)8-9-21(17)26(33,34)35/h4,6-9,13,15-16,20,22H,2-3,5,10-12,14H2,1H3,(H,37,38)/t15-,16?,20-,22+/m0/s1. The highest BCUT2D eigenvalue weighted by atomic mass is 19.4. The molecular formula is C26H28F9NO2. The van der Waals surface area contributed by atoms with Gasteiger partial charge in [0.15, 0.2) is 0 Å². The number of carboxylic acids is 1. The zero-order valence-corrected chi connectivity index (χ0v) is 20.4. The summed E-state index contributed by atoms with van der Waals surface area (Å²) in [5.74, 6) is -2.04. The van der Waals surface area contributed by atoms with Crippen molar-refractivity contribution in [2.24, 2.45) is 11.8 Å². The molecule has 1 N–H and O–H groups in total. The second kappa shape index (κ2) is 11.3. The van der Waals surface area contributed by atoms with Crippen molar-refractivity contribution >= 4 is 5.97 Å². The van der Waals surface area contributed by atoms with Crippen molar-refractivity contribution in [1.82, 2.24) is 4.90 Å². The molecule has 3 rings (SSSR count). The van der Waals surface area contributed by atoms with Crippen LogP contribution in [0.4, 0.5) is 39.5 Å². The Morgan fingerprint density at radius 1 is 1.00 bits per heavy atom. The lowest BCUT2D eigenvalue weighted by Crippen LogP contribution is -2.52. The molecule has 3 nitrogen and oxygen atoms in total. The first kappa shape index (κ1) is 30.0. The number of allylic oxidation sites excluding steroid dienone is 3. The topological polar surface area (TPSA) is 40.5 Å². The second-order valence-corrected chi connectivity index (χ2v) is 9.90. The van der Waals surface area contributed by atoms with Gasteiger partial charge in [-0.15, -0.1) is 0 Å². The molecule has 1 fully saturated rings. The van der Waals surface area contributed by atoms with Gasteiger partial charge in [-0.25, -0.2) is 0 Å². The Bertz CT molecular complexity index is 1060. The maximum absolute atomic E-state index is 13.8. The fraction of sp³-hybridized carbons (Fsp3) is 0.577. The lowest BCUT2D eigenvalue weighted by Gasteiger charge is -2.48. The molecule has 0 spiro atoms. The smallest absolute Gasteiger partial charge is 0.416 e. The number of aliphatic carboxylic acids is 1. The normalized spacial score (nSPS) is 25.4. The van der Waals surface area contributed by atoms with E-state index in [0.29, 0.717) is 37.5 Å². The first-order valence-electron chi connectivity index (χ1n) is 12.2. The van der Waals surface area contributed by atoms with E-state index in [2.05, 4.69) is 0 Å². The number of carbonyl (C=O) groups is 1. The predicted octanol–water partition coefficient (Wildman–Crippen LogP) is 8.01. The molecule has 0 bridgehead atoms. The molecule has 0 aromatic heterocycles. The summed E-state index contributed by atoms with van der Waals surface area (Å²) >= 11 is 0. The van der Waals surface area contributed by atoms with Crippen molar-refractivity contribution in [2.75, 3.05) is 0 Å². The summed E-state index contributed by atoms with van der Waals surface area (Å²) in [5.41, 5.74) is -3.90. The van der Waals surface area contributed by atoms with Gasteiger partial charge in [-0.05, 0) is 61.3 Å². The summed E-state index contributed by atoms with van der Waals surface area (Å²) < 4.78 is 121. The highest BCUT2D eigenvalue weighted by molar-refractivity contribution is 5.67. The average Bonchev–Trinajstić information content (AvgIpc) is 2.78. The molecule has 1 aromatic carbocycles. The third-order valence-electron chi connectivity index (χ3n) is 7.21. The Labute approximate surface area is 214 Å². The van der Waals surface area contributed by atoms with E-state index >= 15 is 0 Å². The van der Waals surface area contributed by atoms with Gasteiger partial charge in [0.1, 0.15) is 0 Å². The molecule has 38 heavy (non-hydrogen) atoms. The molecule has 1 unspecified atom stereocenters. The number of alkyl halides is 9. The summed E-state index contributed by atoms with van der Waals surface area (Å²) in [7, 11) is 0. The van der Waals surface area contributed by atoms with Crippen LogP contribution < -0.4 is 0 Å². The van der Waals surface area contributed by atoms with Crippen molar-refractivity contribution < 1.29 is 49.4 Å². The molecule has 1 aliphatic carbocycles. The highest BCUT2D eigenvalue weighted by Gasteiger charge is 2.43. The minimum Gasteiger partial charge on any atom is -0.481 e. The number of nitrogens with zero attached hydrogens (tertiary/aromatic N) is 1. The summed E-state index contributed by atoms with van der Waals surface area (Å²) in [6.07, 6.45) is -9.99. The van der Waals surface area contributed by atoms with Gasteiger partial charge in [0.2, 0.25) is 0 Å². The third-order valence-corrected chi connectivity index (χ3v) is 7.21. The molecule has 1 saturated heterocycles.